The summed E-state index contributed by atoms with van der Waals surface area (Å²) >= 11 is 1.25. The number of nitrogens with zero attached hydrogens (tertiary/aromatic N) is 2. The molecule has 7 nitrogen and oxygen atoms in total. The van der Waals surface area contributed by atoms with Gasteiger partial charge in [-0.3, -0.25) is 4.79 Å². The predicted molar refractivity (Wildman–Crippen MR) is 63.5 cm³/mol. The van der Waals surface area contributed by atoms with E-state index in [0.29, 0.717) is 11.7 Å². The molecule has 2 heterocycles. The molecule has 94 valence electrons. The largest absolute Gasteiger partial charge is 0.376 e. The minimum Gasteiger partial charge on any atom is -0.376 e. The van der Waals surface area contributed by atoms with Crippen LogP contribution < -0.4 is 11.1 Å². The zero-order valence-electron chi connectivity index (χ0n) is 9.31. The third-order valence-corrected chi connectivity index (χ3v) is 3.21. The highest BCUT2D eigenvalue weighted by Crippen LogP contribution is 2.13. The van der Waals surface area contributed by atoms with E-state index in [1.54, 1.807) is 0 Å². The number of aromatic amines is 1. The molecule has 0 bridgehead atoms. The van der Waals surface area contributed by atoms with Gasteiger partial charge >= 0.3 is 0 Å². The molecule has 1 aromatic heterocycles. The molecule has 0 aromatic carbocycles. The Morgan fingerprint density at radius 3 is 3.24 bits per heavy atom. The highest BCUT2D eigenvalue weighted by molar-refractivity contribution is 7.99. The number of thioether (sulfide) groups is 1. The van der Waals surface area contributed by atoms with E-state index in [2.05, 4.69) is 20.5 Å². The third kappa shape index (κ3) is 3.90. The van der Waals surface area contributed by atoms with E-state index in [0.717, 1.165) is 19.4 Å². The summed E-state index contributed by atoms with van der Waals surface area (Å²) in [6.45, 7) is 1.38. The smallest absolute Gasteiger partial charge is 0.230 e. The number of rotatable bonds is 5. The van der Waals surface area contributed by atoms with Gasteiger partial charge in [0.25, 0.3) is 0 Å². The van der Waals surface area contributed by atoms with E-state index in [1.165, 1.54) is 11.8 Å². The van der Waals surface area contributed by atoms with Gasteiger partial charge in [-0.25, -0.2) is 5.10 Å². The van der Waals surface area contributed by atoms with Crippen LogP contribution in [0.15, 0.2) is 5.16 Å². The molecule has 0 radical (unpaired) electrons. The summed E-state index contributed by atoms with van der Waals surface area (Å²) in [5.41, 5.74) is 5.37. The fraction of sp³-hybridized carbons (Fsp3) is 0.667. The van der Waals surface area contributed by atoms with Crippen LogP contribution in [0.3, 0.4) is 0 Å². The highest BCUT2D eigenvalue weighted by Gasteiger charge is 2.16. The Hall–Kier alpha value is -1.28. The number of nitrogens with two attached hydrogens (primary N) is 1. The summed E-state index contributed by atoms with van der Waals surface area (Å²) in [6.07, 6.45) is 2.26. The molecular formula is C9H15N5O2S. The van der Waals surface area contributed by atoms with Crippen LogP contribution in [0.1, 0.15) is 12.8 Å². The number of carbonyl (C=O) groups excluding carboxylic acids is 1. The average Bonchev–Trinajstić information content (AvgIpc) is 2.95. The molecule has 0 aliphatic carbocycles. The number of amides is 1. The van der Waals surface area contributed by atoms with Crippen molar-refractivity contribution in [3.63, 3.8) is 0 Å². The average molecular weight is 257 g/mol. The van der Waals surface area contributed by atoms with Crippen molar-refractivity contribution >= 4 is 23.6 Å². The minimum absolute atomic E-state index is 0.0473. The number of H-pyrrole nitrogens is 1. The molecule has 0 unspecified atom stereocenters. The zero-order chi connectivity index (χ0) is 12.1. The van der Waals surface area contributed by atoms with Crippen LogP contribution in [0, 0.1) is 0 Å². The molecule has 1 atom stereocenters. The van der Waals surface area contributed by atoms with Crippen LogP contribution in [-0.4, -0.2) is 46.1 Å². The van der Waals surface area contributed by atoms with E-state index < -0.39 is 0 Å². The van der Waals surface area contributed by atoms with E-state index in [4.69, 9.17) is 10.5 Å². The maximum atomic E-state index is 11.5. The number of nitrogen functional groups attached to an aromatic ring is 1. The highest BCUT2D eigenvalue weighted by atomic mass is 32.2. The van der Waals surface area contributed by atoms with Crippen LogP contribution in [0.5, 0.6) is 0 Å². The number of anilines is 1. The normalized spacial score (nSPS) is 19.4. The molecule has 0 saturated carbocycles. The first-order chi connectivity index (χ1) is 8.24. The minimum atomic E-state index is -0.0473. The van der Waals surface area contributed by atoms with Gasteiger partial charge in [0, 0.05) is 13.2 Å². The summed E-state index contributed by atoms with van der Waals surface area (Å²) in [6, 6.07) is 0. The fourth-order valence-electron chi connectivity index (χ4n) is 1.54. The Kier molecular flexibility index (Phi) is 4.21. The van der Waals surface area contributed by atoms with Crippen molar-refractivity contribution in [2.75, 3.05) is 24.6 Å². The van der Waals surface area contributed by atoms with E-state index in [1.807, 2.05) is 0 Å². The molecule has 1 aliphatic rings. The SMILES string of the molecule is Nc1nc(SCC(=O)NC[C@H]2CCCO2)n[nH]1. The second-order valence-electron chi connectivity index (χ2n) is 3.73. The van der Waals surface area contributed by atoms with Crippen molar-refractivity contribution in [2.24, 2.45) is 0 Å². The molecule has 8 heteroatoms. The Bertz CT molecular complexity index is 377. The summed E-state index contributed by atoms with van der Waals surface area (Å²) in [5.74, 6) is 0.491. The van der Waals surface area contributed by atoms with Gasteiger partial charge in [-0.1, -0.05) is 11.8 Å². The number of carbonyl (C=O) groups is 1. The van der Waals surface area contributed by atoms with Crippen LogP contribution in [-0.2, 0) is 9.53 Å². The van der Waals surface area contributed by atoms with E-state index in [-0.39, 0.29) is 23.7 Å². The van der Waals surface area contributed by atoms with Crippen molar-refractivity contribution in [1.29, 1.82) is 0 Å². The topological polar surface area (TPSA) is 106 Å². The van der Waals surface area contributed by atoms with E-state index >= 15 is 0 Å². The van der Waals surface area contributed by atoms with Crippen LogP contribution in [0.2, 0.25) is 0 Å². The van der Waals surface area contributed by atoms with Gasteiger partial charge < -0.3 is 15.8 Å². The van der Waals surface area contributed by atoms with Crippen LogP contribution in [0.25, 0.3) is 0 Å². The maximum absolute atomic E-state index is 11.5. The van der Waals surface area contributed by atoms with Crippen molar-refractivity contribution in [2.45, 2.75) is 24.1 Å². The maximum Gasteiger partial charge on any atom is 0.230 e. The third-order valence-electron chi connectivity index (χ3n) is 2.37. The van der Waals surface area contributed by atoms with E-state index in [9.17, 15) is 4.79 Å². The number of aromatic nitrogens is 3. The van der Waals surface area contributed by atoms with Gasteiger partial charge in [-0.15, -0.1) is 5.10 Å². The molecule has 2 rings (SSSR count). The first kappa shape index (κ1) is 12.2. The lowest BCUT2D eigenvalue weighted by molar-refractivity contribution is -0.119. The van der Waals surface area contributed by atoms with Crippen molar-refractivity contribution in [3.8, 4) is 0 Å². The molecule has 1 amide bonds. The molecular weight excluding hydrogens is 242 g/mol. The van der Waals surface area contributed by atoms with Gasteiger partial charge in [0.15, 0.2) is 0 Å². The van der Waals surface area contributed by atoms with Gasteiger partial charge in [-0.2, -0.15) is 4.98 Å². The second-order valence-corrected chi connectivity index (χ2v) is 4.67. The van der Waals surface area contributed by atoms with Gasteiger partial charge in [0.1, 0.15) is 0 Å². The molecule has 17 heavy (non-hydrogen) atoms. The standard InChI is InChI=1S/C9H15N5O2S/c10-8-12-9(14-13-8)17-5-7(15)11-4-6-2-1-3-16-6/h6H,1-5H2,(H,11,15)(H3,10,12,13,14)/t6-/m1/s1. The number of nitrogens with one attached hydrogen (secondary N) is 2. The summed E-state index contributed by atoms with van der Waals surface area (Å²) in [5, 5.41) is 9.64. The number of hydrogen-bond acceptors (Lipinski definition) is 6. The second kappa shape index (κ2) is 5.87. The summed E-state index contributed by atoms with van der Waals surface area (Å²) < 4.78 is 5.40. The van der Waals surface area contributed by atoms with Gasteiger partial charge in [0.2, 0.25) is 17.0 Å². The monoisotopic (exact) mass is 257 g/mol. The Morgan fingerprint density at radius 2 is 2.59 bits per heavy atom. The number of ether oxygens (including phenoxy) is 1. The lowest BCUT2D eigenvalue weighted by Gasteiger charge is -2.09. The first-order valence-corrected chi connectivity index (χ1v) is 6.41. The molecule has 1 fully saturated rings. The fourth-order valence-corrected chi connectivity index (χ4v) is 2.17. The molecule has 0 spiro atoms. The lowest BCUT2D eigenvalue weighted by Crippen LogP contribution is -2.32. The Morgan fingerprint density at radius 1 is 1.71 bits per heavy atom. The lowest BCUT2D eigenvalue weighted by atomic mass is 10.2. The Labute approximate surface area is 103 Å². The first-order valence-electron chi connectivity index (χ1n) is 5.43. The zero-order valence-corrected chi connectivity index (χ0v) is 10.1. The number of hydrogen-bond donors (Lipinski definition) is 3. The van der Waals surface area contributed by atoms with Crippen molar-refractivity contribution < 1.29 is 9.53 Å². The summed E-state index contributed by atoms with van der Waals surface area (Å²) in [4.78, 5) is 15.4. The predicted octanol–water partition coefficient (Wildman–Crippen LogP) is -0.226. The summed E-state index contributed by atoms with van der Waals surface area (Å²) in [7, 11) is 0. The van der Waals surface area contributed by atoms with Crippen molar-refractivity contribution in [1.82, 2.24) is 20.5 Å². The molecule has 1 aliphatic heterocycles. The quantitative estimate of drug-likeness (QED) is 0.629. The van der Waals surface area contributed by atoms with Crippen LogP contribution in [0.4, 0.5) is 5.95 Å². The molecule has 1 aromatic rings. The van der Waals surface area contributed by atoms with Gasteiger partial charge in [0.05, 0.1) is 11.9 Å². The Balaban J connectivity index is 1.63. The van der Waals surface area contributed by atoms with Gasteiger partial charge in [-0.05, 0) is 12.8 Å². The van der Waals surface area contributed by atoms with Crippen LogP contribution >= 0.6 is 11.8 Å². The molecule has 1 saturated heterocycles. The van der Waals surface area contributed by atoms with Crippen molar-refractivity contribution in [3.05, 3.63) is 0 Å². The molecule has 4 N–H and O–H groups in total.